The highest BCUT2D eigenvalue weighted by molar-refractivity contribution is 7.89. The van der Waals surface area contributed by atoms with E-state index in [1.807, 2.05) is 10.8 Å². The normalized spacial score (nSPS) is 15.8. The SMILES string of the molecule is N#Cc1ccccc1CS(=O)(=O)NC(=O)COC1CCCCC1. The molecule has 1 aliphatic rings. The number of nitrogens with one attached hydrogen (secondary N) is 1. The minimum Gasteiger partial charge on any atom is -0.368 e. The van der Waals surface area contributed by atoms with Gasteiger partial charge in [0, 0.05) is 0 Å². The molecule has 0 aromatic heterocycles. The van der Waals surface area contributed by atoms with Crippen LogP contribution in [0.2, 0.25) is 0 Å². The Balaban J connectivity index is 1.87. The third-order valence-electron chi connectivity index (χ3n) is 3.76. The van der Waals surface area contributed by atoms with Crippen molar-refractivity contribution in [2.24, 2.45) is 0 Å². The van der Waals surface area contributed by atoms with Gasteiger partial charge in [-0.1, -0.05) is 37.5 Å². The van der Waals surface area contributed by atoms with Gasteiger partial charge in [-0.25, -0.2) is 8.42 Å². The van der Waals surface area contributed by atoms with Gasteiger partial charge < -0.3 is 4.74 Å². The number of ether oxygens (including phenoxy) is 1. The number of nitrogens with zero attached hydrogens (tertiary/aromatic N) is 1. The second kappa shape index (κ2) is 8.09. The van der Waals surface area contributed by atoms with Gasteiger partial charge in [0.1, 0.15) is 6.61 Å². The van der Waals surface area contributed by atoms with E-state index in [1.165, 1.54) is 6.42 Å². The Morgan fingerprint density at radius 1 is 1.26 bits per heavy atom. The maximum absolute atomic E-state index is 12.0. The van der Waals surface area contributed by atoms with Gasteiger partial charge in [0.05, 0.1) is 23.5 Å². The van der Waals surface area contributed by atoms with Crippen LogP contribution in [0.25, 0.3) is 0 Å². The number of carbonyl (C=O) groups excluding carboxylic acids is 1. The van der Waals surface area contributed by atoms with Crippen molar-refractivity contribution < 1.29 is 17.9 Å². The monoisotopic (exact) mass is 336 g/mol. The Bertz CT molecular complexity index is 688. The quantitative estimate of drug-likeness (QED) is 0.855. The van der Waals surface area contributed by atoms with E-state index >= 15 is 0 Å². The van der Waals surface area contributed by atoms with Gasteiger partial charge in [0.25, 0.3) is 5.91 Å². The van der Waals surface area contributed by atoms with Crippen molar-refractivity contribution in [2.45, 2.75) is 44.0 Å². The first-order chi connectivity index (χ1) is 11.0. The van der Waals surface area contributed by atoms with Gasteiger partial charge in [-0.3, -0.25) is 9.52 Å². The van der Waals surface area contributed by atoms with Crippen molar-refractivity contribution in [3.05, 3.63) is 35.4 Å². The topological polar surface area (TPSA) is 96.3 Å². The molecule has 23 heavy (non-hydrogen) atoms. The summed E-state index contributed by atoms with van der Waals surface area (Å²) < 4.78 is 31.5. The van der Waals surface area contributed by atoms with E-state index in [0.717, 1.165) is 25.7 Å². The van der Waals surface area contributed by atoms with Crippen molar-refractivity contribution in [1.82, 2.24) is 4.72 Å². The number of benzene rings is 1. The van der Waals surface area contributed by atoms with Crippen molar-refractivity contribution in [3.63, 3.8) is 0 Å². The molecule has 7 heteroatoms. The maximum atomic E-state index is 12.0. The summed E-state index contributed by atoms with van der Waals surface area (Å²) in [4.78, 5) is 11.8. The second-order valence-electron chi connectivity index (χ2n) is 5.62. The van der Waals surface area contributed by atoms with Gasteiger partial charge in [-0.15, -0.1) is 0 Å². The molecule has 0 spiro atoms. The molecule has 0 radical (unpaired) electrons. The summed E-state index contributed by atoms with van der Waals surface area (Å²) in [5.41, 5.74) is 0.646. The zero-order chi connectivity index (χ0) is 16.7. The summed E-state index contributed by atoms with van der Waals surface area (Å²) in [6, 6.07) is 8.35. The van der Waals surface area contributed by atoms with Crippen molar-refractivity contribution >= 4 is 15.9 Å². The summed E-state index contributed by atoms with van der Waals surface area (Å²) >= 11 is 0. The highest BCUT2D eigenvalue weighted by Gasteiger charge is 2.19. The maximum Gasteiger partial charge on any atom is 0.259 e. The molecule has 1 amide bonds. The van der Waals surface area contributed by atoms with Crippen LogP contribution in [-0.2, 0) is 25.3 Å². The van der Waals surface area contributed by atoms with E-state index in [-0.39, 0.29) is 18.3 Å². The van der Waals surface area contributed by atoms with Crippen LogP contribution in [0, 0.1) is 11.3 Å². The van der Waals surface area contributed by atoms with E-state index in [1.54, 1.807) is 24.3 Å². The molecule has 2 rings (SSSR count). The first kappa shape index (κ1) is 17.4. The fourth-order valence-electron chi connectivity index (χ4n) is 2.62. The Morgan fingerprint density at radius 2 is 1.96 bits per heavy atom. The highest BCUT2D eigenvalue weighted by Crippen LogP contribution is 2.20. The number of nitriles is 1. The molecular formula is C16H20N2O4S. The number of carbonyl (C=O) groups is 1. The van der Waals surface area contributed by atoms with Crippen molar-refractivity contribution in [3.8, 4) is 6.07 Å². The highest BCUT2D eigenvalue weighted by atomic mass is 32.2. The Hall–Kier alpha value is -1.91. The third-order valence-corrected chi connectivity index (χ3v) is 4.98. The number of sulfonamides is 1. The predicted molar refractivity (Wildman–Crippen MR) is 84.7 cm³/mol. The molecule has 124 valence electrons. The van der Waals surface area contributed by atoms with Crippen LogP contribution in [0.3, 0.4) is 0 Å². The van der Waals surface area contributed by atoms with Gasteiger partial charge in [0.15, 0.2) is 0 Å². The molecule has 0 atom stereocenters. The van der Waals surface area contributed by atoms with E-state index in [2.05, 4.69) is 0 Å². The molecule has 0 unspecified atom stereocenters. The zero-order valence-electron chi connectivity index (χ0n) is 12.8. The summed E-state index contributed by atoms with van der Waals surface area (Å²) in [7, 11) is -3.85. The minimum absolute atomic E-state index is 0.0384. The Labute approximate surface area is 136 Å². The van der Waals surface area contributed by atoms with Gasteiger partial charge in [-0.2, -0.15) is 5.26 Å². The van der Waals surface area contributed by atoms with Crippen LogP contribution < -0.4 is 4.72 Å². The van der Waals surface area contributed by atoms with E-state index in [0.29, 0.717) is 5.56 Å². The Kier molecular flexibility index (Phi) is 6.13. The molecule has 0 heterocycles. The molecule has 0 saturated heterocycles. The molecule has 1 N–H and O–H groups in total. The molecule has 6 nitrogen and oxygen atoms in total. The standard InChI is InChI=1S/C16H20N2O4S/c17-10-13-6-4-5-7-14(13)12-23(20,21)18-16(19)11-22-15-8-2-1-3-9-15/h4-7,15H,1-3,8-9,11-12H2,(H,18,19). The molecule has 1 saturated carbocycles. The molecule has 0 aliphatic heterocycles. The van der Waals surface area contributed by atoms with Gasteiger partial charge >= 0.3 is 0 Å². The van der Waals surface area contributed by atoms with Crippen LogP contribution in [0.15, 0.2) is 24.3 Å². The van der Waals surface area contributed by atoms with Crippen LogP contribution in [0.1, 0.15) is 43.2 Å². The number of rotatable bonds is 6. The number of hydrogen-bond acceptors (Lipinski definition) is 5. The number of hydrogen-bond donors (Lipinski definition) is 1. The third kappa shape index (κ3) is 5.66. The molecular weight excluding hydrogens is 316 g/mol. The average Bonchev–Trinajstić information content (AvgIpc) is 2.53. The summed E-state index contributed by atoms with van der Waals surface area (Å²) in [6.07, 6.45) is 5.20. The van der Waals surface area contributed by atoms with E-state index in [9.17, 15) is 13.2 Å². The lowest BCUT2D eigenvalue weighted by atomic mass is 9.98. The molecule has 0 bridgehead atoms. The molecule has 1 aliphatic carbocycles. The lowest BCUT2D eigenvalue weighted by Gasteiger charge is -2.21. The molecule has 1 aromatic rings. The number of amides is 1. The summed E-state index contributed by atoms with van der Waals surface area (Å²) in [6.45, 7) is -0.260. The van der Waals surface area contributed by atoms with Crippen molar-refractivity contribution in [2.75, 3.05) is 6.61 Å². The van der Waals surface area contributed by atoms with Crippen LogP contribution in [0.4, 0.5) is 0 Å². The lowest BCUT2D eigenvalue weighted by molar-refractivity contribution is -0.126. The van der Waals surface area contributed by atoms with Gasteiger partial charge in [0.2, 0.25) is 10.0 Å². The smallest absolute Gasteiger partial charge is 0.259 e. The largest absolute Gasteiger partial charge is 0.368 e. The van der Waals surface area contributed by atoms with Crippen molar-refractivity contribution in [1.29, 1.82) is 5.26 Å². The molecule has 1 aromatic carbocycles. The van der Waals surface area contributed by atoms with Crippen LogP contribution in [0.5, 0.6) is 0 Å². The summed E-state index contributed by atoms with van der Waals surface area (Å²) in [5, 5.41) is 8.97. The van der Waals surface area contributed by atoms with E-state index in [4.69, 9.17) is 10.00 Å². The second-order valence-corrected chi connectivity index (χ2v) is 7.35. The first-order valence-corrected chi connectivity index (χ1v) is 9.28. The van der Waals surface area contributed by atoms with Gasteiger partial charge in [-0.05, 0) is 24.5 Å². The first-order valence-electron chi connectivity index (χ1n) is 7.63. The van der Waals surface area contributed by atoms with Crippen LogP contribution in [-0.4, -0.2) is 27.0 Å². The average molecular weight is 336 g/mol. The van der Waals surface area contributed by atoms with Crippen LogP contribution >= 0.6 is 0 Å². The summed E-state index contributed by atoms with van der Waals surface area (Å²) in [5.74, 6) is -1.09. The minimum atomic E-state index is -3.85. The predicted octanol–water partition coefficient (Wildman–Crippen LogP) is 1.85. The zero-order valence-corrected chi connectivity index (χ0v) is 13.6. The fourth-order valence-corrected chi connectivity index (χ4v) is 3.76. The Morgan fingerprint density at radius 3 is 2.65 bits per heavy atom. The van der Waals surface area contributed by atoms with E-state index < -0.39 is 21.7 Å². The fraction of sp³-hybridized carbons (Fsp3) is 0.500. The lowest BCUT2D eigenvalue weighted by Crippen LogP contribution is -2.35. The molecule has 1 fully saturated rings.